The molecule has 3 amide bonds. The molecule has 2 aromatic rings. The first-order valence-electron chi connectivity index (χ1n) is 13.5. The van der Waals surface area contributed by atoms with E-state index in [2.05, 4.69) is 34.4 Å². The van der Waals surface area contributed by atoms with E-state index in [9.17, 15) is 9.59 Å². The fourth-order valence-electron chi connectivity index (χ4n) is 6.60. The van der Waals surface area contributed by atoms with E-state index in [1.54, 1.807) is 6.20 Å². The van der Waals surface area contributed by atoms with Crippen LogP contribution in [0.15, 0.2) is 42.7 Å². The summed E-state index contributed by atoms with van der Waals surface area (Å²) in [4.78, 5) is 36.3. The zero-order valence-corrected chi connectivity index (χ0v) is 21.3. The smallest absolute Gasteiger partial charge is 0.318 e. The van der Waals surface area contributed by atoms with Crippen LogP contribution in [0.25, 0.3) is 0 Å². The molecule has 1 aromatic carbocycles. The summed E-state index contributed by atoms with van der Waals surface area (Å²) < 4.78 is 0. The fourth-order valence-corrected chi connectivity index (χ4v) is 6.60. The van der Waals surface area contributed by atoms with Crippen molar-refractivity contribution in [2.24, 2.45) is 11.3 Å². The van der Waals surface area contributed by atoms with E-state index in [0.717, 1.165) is 63.1 Å². The number of nitrogens with one attached hydrogen (secondary N) is 1. The summed E-state index contributed by atoms with van der Waals surface area (Å²) in [6.45, 7) is 5.96. The number of urea groups is 1. The van der Waals surface area contributed by atoms with Crippen molar-refractivity contribution < 1.29 is 9.59 Å². The molecule has 1 spiro atoms. The highest BCUT2D eigenvalue weighted by atomic mass is 16.2. The summed E-state index contributed by atoms with van der Waals surface area (Å²) in [7, 11) is 2.19. The Labute approximate surface area is 213 Å². The molecule has 4 heterocycles. The lowest BCUT2D eigenvalue weighted by molar-refractivity contribution is 0.0669. The number of likely N-dealkylation sites (tertiary alicyclic amines) is 2. The number of hydrogen-bond acceptors (Lipinski definition) is 4. The topological polar surface area (TPSA) is 68.8 Å². The second kappa shape index (κ2) is 9.51. The quantitative estimate of drug-likeness (QED) is 0.711. The Morgan fingerprint density at radius 1 is 0.972 bits per heavy atom. The van der Waals surface area contributed by atoms with Crippen LogP contribution in [0, 0.1) is 11.3 Å². The van der Waals surface area contributed by atoms with Crippen molar-refractivity contribution in [1.29, 1.82) is 0 Å². The minimum atomic E-state index is 0.0181. The molecule has 1 aromatic heterocycles. The number of carbonyl (C=O) groups excluding carboxylic acids is 2. The first-order valence-corrected chi connectivity index (χ1v) is 13.5. The molecular weight excluding hydrogens is 450 g/mol. The van der Waals surface area contributed by atoms with E-state index < -0.39 is 0 Å². The van der Waals surface area contributed by atoms with Crippen molar-refractivity contribution >= 4 is 11.9 Å². The molecule has 36 heavy (non-hydrogen) atoms. The minimum absolute atomic E-state index is 0.0181. The molecule has 6 rings (SSSR count). The molecule has 0 bridgehead atoms. The van der Waals surface area contributed by atoms with Crippen LogP contribution in [0.2, 0.25) is 0 Å². The number of hydrogen-bond donors (Lipinski definition) is 1. The zero-order chi connectivity index (χ0) is 24.7. The van der Waals surface area contributed by atoms with E-state index in [4.69, 9.17) is 0 Å². The third kappa shape index (κ3) is 4.61. The lowest BCUT2D eigenvalue weighted by atomic mass is 9.88. The molecule has 7 heteroatoms. The van der Waals surface area contributed by atoms with Crippen molar-refractivity contribution in [3.63, 3.8) is 0 Å². The molecule has 0 radical (unpaired) electrons. The van der Waals surface area contributed by atoms with Gasteiger partial charge in [0.15, 0.2) is 0 Å². The molecule has 3 aliphatic heterocycles. The van der Waals surface area contributed by atoms with Crippen LogP contribution in [0.4, 0.5) is 4.79 Å². The Kier molecular flexibility index (Phi) is 6.20. The molecule has 3 fully saturated rings. The number of piperidine rings is 2. The van der Waals surface area contributed by atoms with Gasteiger partial charge >= 0.3 is 6.03 Å². The lowest BCUT2D eigenvalue weighted by Crippen LogP contribution is -2.41. The van der Waals surface area contributed by atoms with Crippen LogP contribution in [-0.4, -0.2) is 71.4 Å². The highest BCUT2D eigenvalue weighted by Crippen LogP contribution is 2.59. The molecule has 1 N–H and O–H groups in total. The van der Waals surface area contributed by atoms with Crippen molar-refractivity contribution in [1.82, 2.24) is 25.0 Å². The van der Waals surface area contributed by atoms with Crippen LogP contribution in [0.5, 0.6) is 0 Å². The highest BCUT2D eigenvalue weighted by Gasteiger charge is 2.54. The molecule has 2 saturated heterocycles. The standard InChI is InChI=1S/C29H37N5O2/c1-32-12-7-22(8-13-32)21-2-4-23(5-3-21)27(35)33-14-9-29(10-15-33)16-26(29)18-31-28(36)34-19-24-6-11-30-17-25(24)20-34/h2-6,11,17,22,26H,7-10,12-16,18-20H2,1H3,(H,31,36)/t26-/m0/s1. The molecular formula is C29H37N5O2. The second-order valence-corrected chi connectivity index (χ2v) is 11.4. The average molecular weight is 488 g/mol. The molecule has 1 atom stereocenters. The molecule has 1 saturated carbocycles. The van der Waals surface area contributed by atoms with Gasteiger partial charge in [-0.1, -0.05) is 12.1 Å². The van der Waals surface area contributed by atoms with Gasteiger partial charge in [-0.3, -0.25) is 9.78 Å². The maximum absolute atomic E-state index is 13.2. The number of benzene rings is 1. The number of aromatic nitrogens is 1. The second-order valence-electron chi connectivity index (χ2n) is 11.4. The van der Waals surface area contributed by atoms with Gasteiger partial charge in [-0.2, -0.15) is 0 Å². The van der Waals surface area contributed by atoms with E-state index in [0.29, 0.717) is 30.3 Å². The Balaban J connectivity index is 0.959. The van der Waals surface area contributed by atoms with Crippen molar-refractivity contribution in [3.8, 4) is 0 Å². The van der Waals surface area contributed by atoms with Gasteiger partial charge < -0.3 is 20.0 Å². The SMILES string of the molecule is CN1CCC(c2ccc(C(=O)N3CCC4(CC3)C[C@H]4CNC(=O)N3Cc4ccncc4C3)cc2)CC1. The number of fused-ring (bicyclic) bond motifs is 1. The maximum Gasteiger partial charge on any atom is 0.318 e. The minimum Gasteiger partial charge on any atom is -0.339 e. The summed E-state index contributed by atoms with van der Waals surface area (Å²) >= 11 is 0. The molecule has 190 valence electrons. The maximum atomic E-state index is 13.2. The highest BCUT2D eigenvalue weighted by molar-refractivity contribution is 5.94. The van der Waals surface area contributed by atoms with E-state index in [1.165, 1.54) is 24.0 Å². The summed E-state index contributed by atoms with van der Waals surface area (Å²) in [6, 6.07) is 10.4. The van der Waals surface area contributed by atoms with Crippen LogP contribution >= 0.6 is 0 Å². The monoisotopic (exact) mass is 487 g/mol. The number of rotatable bonds is 4. The van der Waals surface area contributed by atoms with Crippen molar-refractivity contribution in [2.75, 3.05) is 39.8 Å². The summed E-state index contributed by atoms with van der Waals surface area (Å²) in [5, 5.41) is 3.17. The van der Waals surface area contributed by atoms with Gasteiger partial charge in [0.25, 0.3) is 5.91 Å². The number of carbonyl (C=O) groups is 2. The largest absolute Gasteiger partial charge is 0.339 e. The van der Waals surface area contributed by atoms with E-state index >= 15 is 0 Å². The Morgan fingerprint density at radius 3 is 2.42 bits per heavy atom. The average Bonchev–Trinajstić information content (AvgIpc) is 3.38. The Bertz CT molecular complexity index is 1090. The predicted octanol–water partition coefficient (Wildman–Crippen LogP) is 3.86. The van der Waals surface area contributed by atoms with Gasteiger partial charge in [-0.25, -0.2) is 4.79 Å². The van der Waals surface area contributed by atoms with Crippen LogP contribution in [-0.2, 0) is 13.1 Å². The van der Waals surface area contributed by atoms with Gasteiger partial charge in [0.05, 0.1) is 0 Å². The third-order valence-corrected chi connectivity index (χ3v) is 9.27. The predicted molar refractivity (Wildman–Crippen MR) is 138 cm³/mol. The first kappa shape index (κ1) is 23.5. The lowest BCUT2D eigenvalue weighted by Gasteiger charge is -2.33. The van der Waals surface area contributed by atoms with Crippen LogP contribution in [0.1, 0.15) is 65.1 Å². The molecule has 1 aliphatic carbocycles. The molecule has 7 nitrogen and oxygen atoms in total. The van der Waals surface area contributed by atoms with Crippen molar-refractivity contribution in [2.45, 2.75) is 51.1 Å². The summed E-state index contributed by atoms with van der Waals surface area (Å²) in [5.41, 5.74) is 4.82. The van der Waals surface area contributed by atoms with E-state index in [1.807, 2.05) is 34.2 Å². The van der Waals surface area contributed by atoms with Gasteiger partial charge in [-0.15, -0.1) is 0 Å². The fraction of sp³-hybridized carbons (Fsp3) is 0.552. The molecule has 4 aliphatic rings. The van der Waals surface area contributed by atoms with Crippen LogP contribution in [0.3, 0.4) is 0 Å². The number of amides is 3. The summed E-state index contributed by atoms with van der Waals surface area (Å²) in [6.07, 6.45) is 9.27. The van der Waals surface area contributed by atoms with Crippen molar-refractivity contribution in [3.05, 3.63) is 65.0 Å². The van der Waals surface area contributed by atoms with Crippen LogP contribution < -0.4 is 5.32 Å². The number of pyridine rings is 1. The van der Waals surface area contributed by atoms with Gasteiger partial charge in [0.1, 0.15) is 0 Å². The van der Waals surface area contributed by atoms with Gasteiger partial charge in [0.2, 0.25) is 0 Å². The van der Waals surface area contributed by atoms with Gasteiger partial charge in [-0.05, 0) is 104 Å². The number of nitrogens with zero attached hydrogens (tertiary/aromatic N) is 4. The summed E-state index contributed by atoms with van der Waals surface area (Å²) in [5.74, 6) is 1.30. The third-order valence-electron chi connectivity index (χ3n) is 9.27. The zero-order valence-electron chi connectivity index (χ0n) is 21.3. The first-order chi connectivity index (χ1) is 17.5. The van der Waals surface area contributed by atoms with E-state index in [-0.39, 0.29) is 11.9 Å². The Hall–Kier alpha value is -2.93. The normalized spacial score (nSPS) is 23.5. The van der Waals surface area contributed by atoms with Gasteiger partial charge in [0, 0.05) is 50.7 Å². The molecule has 0 unspecified atom stereocenters. The Morgan fingerprint density at radius 2 is 1.69 bits per heavy atom.